The number of hydrogen-bond acceptors (Lipinski definition) is 4. The van der Waals surface area contributed by atoms with Gasteiger partial charge in [0, 0.05) is 20.3 Å². The molecule has 0 spiro atoms. The predicted molar refractivity (Wildman–Crippen MR) is 74.1 cm³/mol. The quantitative estimate of drug-likeness (QED) is 0.737. The fourth-order valence-corrected chi connectivity index (χ4v) is 2.83. The molecule has 0 unspecified atom stereocenters. The summed E-state index contributed by atoms with van der Waals surface area (Å²) in [6.07, 6.45) is 1.36. The van der Waals surface area contributed by atoms with Crippen LogP contribution in [0.3, 0.4) is 0 Å². The largest absolute Gasteiger partial charge is 0.496 e. The van der Waals surface area contributed by atoms with Crippen LogP contribution in [-0.4, -0.2) is 35.8 Å². The molecule has 0 aliphatic carbocycles. The first kappa shape index (κ1) is 15.9. The maximum absolute atomic E-state index is 12.1. The summed E-state index contributed by atoms with van der Waals surface area (Å²) in [7, 11) is -0.296. The third-order valence-corrected chi connectivity index (χ3v) is 4.22. The summed E-state index contributed by atoms with van der Waals surface area (Å²) in [5, 5.41) is 0. The van der Waals surface area contributed by atoms with E-state index in [9.17, 15) is 8.42 Å². The van der Waals surface area contributed by atoms with Crippen LogP contribution in [0.2, 0.25) is 0 Å². The fraction of sp³-hybridized carbons (Fsp3) is 0.538. The van der Waals surface area contributed by atoms with Gasteiger partial charge in [0.15, 0.2) is 0 Å². The predicted octanol–water partition coefficient (Wildman–Crippen LogP) is 1.57. The molecule has 0 fully saturated rings. The number of rotatable bonds is 8. The summed E-state index contributed by atoms with van der Waals surface area (Å²) in [5.41, 5.74) is 0.877. The van der Waals surface area contributed by atoms with Gasteiger partial charge in [-0.1, -0.05) is 6.92 Å². The van der Waals surface area contributed by atoms with Crippen LogP contribution in [0, 0.1) is 0 Å². The van der Waals surface area contributed by atoms with Gasteiger partial charge in [0.2, 0.25) is 10.0 Å². The van der Waals surface area contributed by atoms with Gasteiger partial charge in [0.25, 0.3) is 0 Å². The van der Waals surface area contributed by atoms with E-state index in [-0.39, 0.29) is 4.90 Å². The van der Waals surface area contributed by atoms with Gasteiger partial charge >= 0.3 is 0 Å². The van der Waals surface area contributed by atoms with Crippen molar-refractivity contribution in [2.45, 2.75) is 24.7 Å². The van der Waals surface area contributed by atoms with Crippen LogP contribution in [-0.2, 0) is 21.2 Å². The van der Waals surface area contributed by atoms with Crippen LogP contribution < -0.4 is 9.46 Å². The van der Waals surface area contributed by atoms with E-state index in [0.717, 1.165) is 12.0 Å². The molecule has 0 saturated carbocycles. The number of sulfonamides is 1. The average molecular weight is 287 g/mol. The first-order valence-electron chi connectivity index (χ1n) is 6.20. The molecule has 1 rings (SSSR count). The molecule has 0 bridgehead atoms. The Kier molecular flexibility index (Phi) is 6.27. The average Bonchev–Trinajstić information content (AvgIpc) is 2.42. The van der Waals surface area contributed by atoms with Gasteiger partial charge < -0.3 is 9.47 Å². The van der Waals surface area contributed by atoms with E-state index in [4.69, 9.17) is 9.47 Å². The molecule has 1 N–H and O–H groups in total. The van der Waals surface area contributed by atoms with Gasteiger partial charge in [-0.15, -0.1) is 0 Å². The van der Waals surface area contributed by atoms with Crippen molar-refractivity contribution in [1.82, 2.24) is 4.72 Å². The highest BCUT2D eigenvalue weighted by atomic mass is 32.2. The lowest BCUT2D eigenvalue weighted by Crippen LogP contribution is -2.25. The van der Waals surface area contributed by atoms with Gasteiger partial charge in [0.1, 0.15) is 5.75 Å². The molecule has 0 aromatic heterocycles. The minimum atomic E-state index is -3.46. The Bertz CT molecular complexity index is 499. The lowest BCUT2D eigenvalue weighted by molar-refractivity contribution is 0.196. The second kappa shape index (κ2) is 7.47. The molecular formula is C13H21NO4S. The zero-order valence-electron chi connectivity index (χ0n) is 11.6. The molecule has 6 heteroatoms. The minimum Gasteiger partial charge on any atom is -0.496 e. The maximum Gasteiger partial charge on any atom is 0.240 e. The van der Waals surface area contributed by atoms with Crippen LogP contribution in [0.1, 0.15) is 18.9 Å². The van der Waals surface area contributed by atoms with Crippen LogP contribution in [0.25, 0.3) is 0 Å². The first-order chi connectivity index (χ1) is 9.05. The van der Waals surface area contributed by atoms with Crippen LogP contribution in [0.4, 0.5) is 0 Å². The van der Waals surface area contributed by atoms with Crippen LogP contribution in [0.15, 0.2) is 23.1 Å². The SMILES string of the molecule is CCc1cc(S(=O)(=O)NCCCOC)ccc1OC. The van der Waals surface area contributed by atoms with E-state index < -0.39 is 10.0 Å². The number of methoxy groups -OCH3 is 2. The Labute approximate surface area is 115 Å². The lowest BCUT2D eigenvalue weighted by Gasteiger charge is -2.10. The summed E-state index contributed by atoms with van der Waals surface area (Å²) in [5.74, 6) is 0.709. The summed E-state index contributed by atoms with van der Waals surface area (Å²) in [6, 6.07) is 4.89. The van der Waals surface area contributed by atoms with Crippen molar-refractivity contribution in [3.63, 3.8) is 0 Å². The topological polar surface area (TPSA) is 64.6 Å². The Morgan fingerprint density at radius 3 is 2.58 bits per heavy atom. The second-order valence-corrected chi connectivity index (χ2v) is 5.84. The molecule has 1 aromatic carbocycles. The maximum atomic E-state index is 12.1. The zero-order chi connectivity index (χ0) is 14.3. The number of nitrogens with one attached hydrogen (secondary N) is 1. The number of ether oxygens (including phenoxy) is 2. The summed E-state index contributed by atoms with van der Waals surface area (Å²) < 4.78 is 36.8. The van der Waals surface area contributed by atoms with Crippen molar-refractivity contribution in [2.24, 2.45) is 0 Å². The number of benzene rings is 1. The zero-order valence-corrected chi connectivity index (χ0v) is 12.4. The molecule has 19 heavy (non-hydrogen) atoms. The summed E-state index contributed by atoms with van der Waals surface area (Å²) in [6.45, 7) is 2.86. The molecule has 0 aliphatic heterocycles. The molecule has 1 aromatic rings. The van der Waals surface area contributed by atoms with Crippen molar-refractivity contribution >= 4 is 10.0 Å². The monoisotopic (exact) mass is 287 g/mol. The lowest BCUT2D eigenvalue weighted by atomic mass is 10.1. The molecule has 0 heterocycles. The molecule has 0 aliphatic rings. The Hall–Kier alpha value is -1.11. The van der Waals surface area contributed by atoms with Gasteiger partial charge in [-0.3, -0.25) is 0 Å². The minimum absolute atomic E-state index is 0.266. The summed E-state index contributed by atoms with van der Waals surface area (Å²) >= 11 is 0. The molecule has 5 nitrogen and oxygen atoms in total. The van der Waals surface area contributed by atoms with Crippen molar-refractivity contribution in [3.05, 3.63) is 23.8 Å². The second-order valence-electron chi connectivity index (χ2n) is 4.07. The highest BCUT2D eigenvalue weighted by Gasteiger charge is 2.15. The van der Waals surface area contributed by atoms with Crippen molar-refractivity contribution in [1.29, 1.82) is 0 Å². The fourth-order valence-electron chi connectivity index (χ4n) is 1.70. The molecule has 0 amide bonds. The number of hydrogen-bond donors (Lipinski definition) is 1. The highest BCUT2D eigenvalue weighted by molar-refractivity contribution is 7.89. The normalized spacial score (nSPS) is 11.5. The van der Waals surface area contributed by atoms with Crippen molar-refractivity contribution in [3.8, 4) is 5.75 Å². The molecule has 0 radical (unpaired) electrons. The summed E-state index contributed by atoms with van der Waals surface area (Å²) in [4.78, 5) is 0.266. The van der Waals surface area contributed by atoms with E-state index in [0.29, 0.717) is 25.3 Å². The smallest absolute Gasteiger partial charge is 0.240 e. The van der Waals surface area contributed by atoms with Crippen molar-refractivity contribution in [2.75, 3.05) is 27.4 Å². The van der Waals surface area contributed by atoms with Gasteiger partial charge in [-0.05, 0) is 36.6 Å². The third-order valence-electron chi connectivity index (χ3n) is 2.76. The van der Waals surface area contributed by atoms with Crippen LogP contribution >= 0.6 is 0 Å². The van der Waals surface area contributed by atoms with Crippen LogP contribution in [0.5, 0.6) is 5.75 Å². The Morgan fingerprint density at radius 1 is 1.26 bits per heavy atom. The van der Waals surface area contributed by atoms with E-state index in [1.165, 1.54) is 0 Å². The van der Waals surface area contributed by atoms with Crippen molar-refractivity contribution < 1.29 is 17.9 Å². The number of aryl methyl sites for hydroxylation is 1. The highest BCUT2D eigenvalue weighted by Crippen LogP contribution is 2.22. The third kappa shape index (κ3) is 4.49. The van der Waals surface area contributed by atoms with E-state index in [2.05, 4.69) is 4.72 Å². The van der Waals surface area contributed by atoms with E-state index in [1.807, 2.05) is 6.92 Å². The van der Waals surface area contributed by atoms with Gasteiger partial charge in [-0.25, -0.2) is 13.1 Å². The van der Waals surface area contributed by atoms with E-state index in [1.54, 1.807) is 32.4 Å². The first-order valence-corrected chi connectivity index (χ1v) is 7.69. The van der Waals surface area contributed by atoms with Gasteiger partial charge in [-0.2, -0.15) is 0 Å². The Morgan fingerprint density at radius 2 is 2.00 bits per heavy atom. The molecule has 108 valence electrons. The Balaban J connectivity index is 2.83. The van der Waals surface area contributed by atoms with E-state index >= 15 is 0 Å². The molecule has 0 saturated heterocycles. The standard InChI is InChI=1S/C13H21NO4S/c1-4-11-10-12(6-7-13(11)18-3)19(15,16)14-8-5-9-17-2/h6-7,10,14H,4-5,8-9H2,1-3H3. The molecular weight excluding hydrogens is 266 g/mol. The molecule has 0 atom stereocenters. The van der Waals surface area contributed by atoms with Gasteiger partial charge in [0.05, 0.1) is 12.0 Å².